The van der Waals surface area contributed by atoms with Crippen LogP contribution in [0.15, 0.2) is 22.8 Å². The van der Waals surface area contributed by atoms with Crippen LogP contribution in [0.25, 0.3) is 0 Å². The summed E-state index contributed by atoms with van der Waals surface area (Å²) in [6, 6.07) is 3.70. The Kier molecular flexibility index (Phi) is 2.67. The highest BCUT2D eigenvalue weighted by molar-refractivity contribution is 7.80. The molecule has 0 fully saturated rings. The van der Waals surface area contributed by atoms with Crippen molar-refractivity contribution in [1.82, 2.24) is 0 Å². The first kappa shape index (κ1) is 6.71. The number of rotatable bonds is 3. The molecule has 1 heterocycles. The highest BCUT2D eigenvalue weighted by Crippen LogP contribution is 2.01. The van der Waals surface area contributed by atoms with Crippen molar-refractivity contribution in [3.63, 3.8) is 0 Å². The lowest BCUT2D eigenvalue weighted by Gasteiger charge is -1.93. The van der Waals surface area contributed by atoms with E-state index in [1.54, 1.807) is 6.26 Å². The molecule has 0 spiro atoms. The molecule has 3 heteroatoms. The van der Waals surface area contributed by atoms with Gasteiger partial charge in [0.1, 0.15) is 12.4 Å². The molecule has 0 atom stereocenters. The fourth-order valence-corrected chi connectivity index (χ4v) is 0.632. The molecule has 0 aliphatic heterocycles. The largest absolute Gasteiger partial charge is 0.467 e. The topological polar surface area (TPSA) is 22.4 Å². The van der Waals surface area contributed by atoms with Crippen molar-refractivity contribution in [3.05, 3.63) is 24.2 Å². The number of thiol groups is 1. The first-order valence-corrected chi connectivity index (χ1v) is 3.27. The molecule has 0 saturated heterocycles. The van der Waals surface area contributed by atoms with Gasteiger partial charge in [0.25, 0.3) is 0 Å². The van der Waals surface area contributed by atoms with Gasteiger partial charge in [-0.15, -0.1) is 0 Å². The third-order valence-corrected chi connectivity index (χ3v) is 1.10. The second-order valence-corrected chi connectivity index (χ2v) is 1.82. The summed E-state index contributed by atoms with van der Waals surface area (Å²) in [4.78, 5) is 0. The molecule has 0 aliphatic rings. The minimum absolute atomic E-state index is 0.431. The van der Waals surface area contributed by atoms with E-state index in [9.17, 15) is 0 Å². The predicted molar refractivity (Wildman–Crippen MR) is 37.4 cm³/mol. The fraction of sp³-hybridized carbons (Fsp3) is 0.333. The zero-order chi connectivity index (χ0) is 6.53. The summed E-state index contributed by atoms with van der Waals surface area (Å²) in [6.45, 7) is 0.510. The van der Waals surface area contributed by atoms with Gasteiger partial charge in [-0.05, 0) is 12.1 Å². The van der Waals surface area contributed by atoms with E-state index in [2.05, 4.69) is 12.6 Å². The highest BCUT2D eigenvalue weighted by Gasteiger charge is 1.91. The van der Waals surface area contributed by atoms with Crippen LogP contribution in [0, 0.1) is 0 Å². The van der Waals surface area contributed by atoms with E-state index in [0.29, 0.717) is 12.5 Å². The van der Waals surface area contributed by atoms with Crippen molar-refractivity contribution < 1.29 is 9.15 Å². The fourth-order valence-electron chi connectivity index (χ4n) is 0.541. The summed E-state index contributed by atoms with van der Waals surface area (Å²) in [5, 5.41) is 0. The zero-order valence-corrected chi connectivity index (χ0v) is 5.80. The van der Waals surface area contributed by atoms with Crippen LogP contribution in [0.3, 0.4) is 0 Å². The van der Waals surface area contributed by atoms with Crippen LogP contribution in [0.2, 0.25) is 0 Å². The van der Waals surface area contributed by atoms with Gasteiger partial charge in [0.15, 0.2) is 0 Å². The Morgan fingerprint density at radius 1 is 1.67 bits per heavy atom. The Hall–Kier alpha value is -0.410. The second kappa shape index (κ2) is 3.58. The Labute approximate surface area is 59.2 Å². The molecule has 0 unspecified atom stereocenters. The molecule has 50 valence electrons. The molecule has 0 saturated carbocycles. The van der Waals surface area contributed by atoms with E-state index in [1.807, 2.05) is 12.1 Å². The van der Waals surface area contributed by atoms with Crippen LogP contribution in [0.4, 0.5) is 0 Å². The average molecular weight is 144 g/mol. The third-order valence-electron chi connectivity index (χ3n) is 0.916. The van der Waals surface area contributed by atoms with E-state index in [0.717, 1.165) is 5.76 Å². The quantitative estimate of drug-likeness (QED) is 0.515. The lowest BCUT2D eigenvalue weighted by Crippen LogP contribution is -1.86. The van der Waals surface area contributed by atoms with Crippen LogP contribution in [0.5, 0.6) is 0 Å². The van der Waals surface area contributed by atoms with Gasteiger partial charge in [-0.1, -0.05) is 0 Å². The molecule has 2 nitrogen and oxygen atoms in total. The maximum absolute atomic E-state index is 4.98. The van der Waals surface area contributed by atoms with E-state index >= 15 is 0 Å². The lowest BCUT2D eigenvalue weighted by atomic mass is 10.5. The van der Waals surface area contributed by atoms with Crippen molar-refractivity contribution >= 4 is 12.6 Å². The smallest absolute Gasteiger partial charge is 0.129 e. The van der Waals surface area contributed by atoms with E-state index in [4.69, 9.17) is 9.15 Å². The van der Waals surface area contributed by atoms with Crippen molar-refractivity contribution in [2.75, 3.05) is 5.94 Å². The molecule has 0 bridgehead atoms. The highest BCUT2D eigenvalue weighted by atomic mass is 32.1. The summed E-state index contributed by atoms with van der Waals surface area (Å²) in [6.07, 6.45) is 1.62. The molecule has 9 heavy (non-hydrogen) atoms. The molecule has 0 radical (unpaired) electrons. The van der Waals surface area contributed by atoms with Crippen LogP contribution >= 0.6 is 12.6 Å². The maximum atomic E-state index is 4.98. The Bertz CT molecular complexity index is 148. The van der Waals surface area contributed by atoms with Gasteiger partial charge in [0.2, 0.25) is 0 Å². The van der Waals surface area contributed by atoms with Crippen LogP contribution < -0.4 is 0 Å². The molecule has 0 N–H and O–H groups in total. The van der Waals surface area contributed by atoms with Crippen molar-refractivity contribution in [2.24, 2.45) is 0 Å². The third kappa shape index (κ3) is 2.11. The Morgan fingerprint density at radius 2 is 2.56 bits per heavy atom. The van der Waals surface area contributed by atoms with Crippen molar-refractivity contribution in [1.29, 1.82) is 0 Å². The van der Waals surface area contributed by atoms with Crippen molar-refractivity contribution in [3.8, 4) is 0 Å². The number of furan rings is 1. The minimum Gasteiger partial charge on any atom is -0.467 e. The molecule has 0 amide bonds. The number of hydrogen-bond donors (Lipinski definition) is 1. The normalized spacial score (nSPS) is 9.89. The van der Waals surface area contributed by atoms with Gasteiger partial charge >= 0.3 is 0 Å². The Balaban J connectivity index is 2.30. The molecule has 0 aromatic carbocycles. The van der Waals surface area contributed by atoms with E-state index < -0.39 is 0 Å². The van der Waals surface area contributed by atoms with E-state index in [1.165, 1.54) is 0 Å². The summed E-state index contributed by atoms with van der Waals surface area (Å²) in [5.74, 6) is 1.27. The van der Waals surface area contributed by atoms with E-state index in [-0.39, 0.29) is 0 Å². The SMILES string of the molecule is SCOCc1ccco1. The summed E-state index contributed by atoms with van der Waals surface area (Å²) >= 11 is 3.87. The molecular weight excluding hydrogens is 136 g/mol. The second-order valence-electron chi connectivity index (χ2n) is 1.56. The average Bonchev–Trinajstić information content (AvgIpc) is 2.34. The first-order chi connectivity index (χ1) is 4.43. The van der Waals surface area contributed by atoms with Gasteiger partial charge in [0.05, 0.1) is 12.2 Å². The van der Waals surface area contributed by atoms with Gasteiger partial charge in [-0.3, -0.25) is 0 Å². The standard InChI is InChI=1S/C6H8O2S/c9-5-7-4-6-2-1-3-8-6/h1-3,9H,4-5H2. The van der Waals surface area contributed by atoms with Crippen molar-refractivity contribution in [2.45, 2.75) is 6.61 Å². The van der Waals surface area contributed by atoms with Gasteiger partial charge in [-0.25, -0.2) is 0 Å². The van der Waals surface area contributed by atoms with Crippen LogP contribution in [-0.4, -0.2) is 5.94 Å². The van der Waals surface area contributed by atoms with Crippen LogP contribution in [-0.2, 0) is 11.3 Å². The number of ether oxygens (including phenoxy) is 1. The first-order valence-electron chi connectivity index (χ1n) is 2.64. The van der Waals surface area contributed by atoms with Crippen LogP contribution in [0.1, 0.15) is 5.76 Å². The monoisotopic (exact) mass is 144 g/mol. The maximum Gasteiger partial charge on any atom is 0.129 e. The van der Waals surface area contributed by atoms with Gasteiger partial charge in [-0.2, -0.15) is 12.6 Å². The molecule has 1 rings (SSSR count). The predicted octanol–water partition coefficient (Wildman–Crippen LogP) is 1.68. The molecule has 1 aromatic heterocycles. The molecule has 1 aromatic rings. The summed E-state index contributed by atoms with van der Waals surface area (Å²) in [7, 11) is 0. The minimum atomic E-state index is 0.431. The lowest BCUT2D eigenvalue weighted by molar-refractivity contribution is 0.151. The van der Waals surface area contributed by atoms with Gasteiger partial charge < -0.3 is 9.15 Å². The molecule has 0 aliphatic carbocycles. The molecular formula is C6H8O2S. The summed E-state index contributed by atoms with van der Waals surface area (Å²) < 4.78 is 9.92. The number of hydrogen-bond acceptors (Lipinski definition) is 3. The summed E-state index contributed by atoms with van der Waals surface area (Å²) in [5.41, 5.74) is 0. The van der Waals surface area contributed by atoms with Gasteiger partial charge in [0, 0.05) is 0 Å². The Morgan fingerprint density at radius 3 is 3.11 bits per heavy atom. The zero-order valence-electron chi connectivity index (χ0n) is 4.91.